The molecule has 1 aliphatic rings. The van der Waals surface area contributed by atoms with Gasteiger partial charge in [0.2, 0.25) is 0 Å². The van der Waals surface area contributed by atoms with Gasteiger partial charge >= 0.3 is 0 Å². The zero-order valence-corrected chi connectivity index (χ0v) is 14.7. The van der Waals surface area contributed by atoms with E-state index in [-0.39, 0.29) is 0 Å². The first kappa shape index (κ1) is 18.5. The van der Waals surface area contributed by atoms with Gasteiger partial charge in [0, 0.05) is 5.41 Å². The van der Waals surface area contributed by atoms with E-state index < -0.39 is 0 Å². The Kier molecular flexibility index (Phi) is 10.6. The lowest BCUT2D eigenvalue weighted by Crippen LogP contribution is -2.13. The maximum absolute atomic E-state index is 2.48. The second kappa shape index (κ2) is 12.1. The average molecular weight is 291 g/mol. The minimum atomic E-state index is 0.426. The lowest BCUT2D eigenvalue weighted by molar-refractivity contribution is 0.375. The molecule has 0 amide bonds. The average Bonchev–Trinajstić information content (AvgIpc) is 2.96. The van der Waals surface area contributed by atoms with Gasteiger partial charge in [-0.2, -0.15) is 0 Å². The SMILES string of the molecule is CCCCCCCCC1(CCCCCCCC)C=CC=C1. The molecule has 1 aliphatic carbocycles. The summed E-state index contributed by atoms with van der Waals surface area (Å²) >= 11 is 0. The van der Waals surface area contributed by atoms with Gasteiger partial charge in [0.1, 0.15) is 0 Å². The van der Waals surface area contributed by atoms with Crippen LogP contribution >= 0.6 is 0 Å². The molecule has 0 bridgehead atoms. The van der Waals surface area contributed by atoms with Gasteiger partial charge in [0.15, 0.2) is 0 Å². The Labute approximate surface area is 134 Å². The molecule has 0 N–H and O–H groups in total. The summed E-state index contributed by atoms with van der Waals surface area (Å²) in [5.74, 6) is 0. The highest BCUT2D eigenvalue weighted by Crippen LogP contribution is 2.37. The van der Waals surface area contributed by atoms with Crippen molar-refractivity contribution in [3.63, 3.8) is 0 Å². The maximum Gasteiger partial charge on any atom is 0.00671 e. The van der Waals surface area contributed by atoms with E-state index in [1.165, 1.54) is 89.9 Å². The largest absolute Gasteiger partial charge is 0.0745 e. The van der Waals surface area contributed by atoms with E-state index >= 15 is 0 Å². The summed E-state index contributed by atoms with van der Waals surface area (Å²) in [5, 5.41) is 0. The fourth-order valence-corrected chi connectivity index (χ4v) is 3.48. The third-order valence-electron chi connectivity index (χ3n) is 4.96. The second-order valence-corrected chi connectivity index (χ2v) is 6.99. The fourth-order valence-electron chi connectivity index (χ4n) is 3.48. The number of hydrogen-bond acceptors (Lipinski definition) is 0. The first-order valence-electron chi connectivity index (χ1n) is 9.70. The second-order valence-electron chi connectivity index (χ2n) is 6.99. The van der Waals surface area contributed by atoms with Gasteiger partial charge in [0.05, 0.1) is 0 Å². The van der Waals surface area contributed by atoms with Crippen molar-refractivity contribution in [1.29, 1.82) is 0 Å². The molecule has 0 nitrogen and oxygen atoms in total. The highest BCUT2D eigenvalue weighted by atomic mass is 14.3. The van der Waals surface area contributed by atoms with Crippen molar-refractivity contribution in [2.45, 2.75) is 104 Å². The molecule has 0 saturated carbocycles. The Bertz CT molecular complexity index is 254. The summed E-state index contributed by atoms with van der Waals surface area (Å²) in [5.41, 5.74) is 0.426. The minimum Gasteiger partial charge on any atom is -0.0745 e. The van der Waals surface area contributed by atoms with E-state index in [1.54, 1.807) is 0 Å². The van der Waals surface area contributed by atoms with Gasteiger partial charge in [-0.15, -0.1) is 0 Å². The van der Waals surface area contributed by atoms with Gasteiger partial charge < -0.3 is 0 Å². The van der Waals surface area contributed by atoms with Crippen LogP contribution in [0.5, 0.6) is 0 Å². The molecule has 0 radical (unpaired) electrons. The van der Waals surface area contributed by atoms with Crippen molar-refractivity contribution in [3.8, 4) is 0 Å². The number of rotatable bonds is 14. The summed E-state index contributed by atoms with van der Waals surface area (Å²) in [6.07, 6.45) is 29.2. The Morgan fingerprint density at radius 2 is 0.905 bits per heavy atom. The predicted octanol–water partition coefficient (Wildman–Crippen LogP) is 7.60. The molecule has 0 aromatic carbocycles. The molecule has 0 aromatic rings. The van der Waals surface area contributed by atoms with Crippen LogP contribution in [0.2, 0.25) is 0 Å². The van der Waals surface area contributed by atoms with E-state index in [0.29, 0.717) is 5.41 Å². The first-order chi connectivity index (χ1) is 10.3. The van der Waals surface area contributed by atoms with Gasteiger partial charge in [-0.25, -0.2) is 0 Å². The zero-order valence-electron chi connectivity index (χ0n) is 14.7. The topological polar surface area (TPSA) is 0 Å². The van der Waals surface area contributed by atoms with Gasteiger partial charge in [-0.05, 0) is 12.8 Å². The van der Waals surface area contributed by atoms with E-state index in [4.69, 9.17) is 0 Å². The van der Waals surface area contributed by atoms with Crippen LogP contribution in [0.3, 0.4) is 0 Å². The normalized spacial score (nSPS) is 15.9. The van der Waals surface area contributed by atoms with Crippen molar-refractivity contribution < 1.29 is 0 Å². The maximum atomic E-state index is 2.48. The fraction of sp³-hybridized carbons (Fsp3) is 0.810. The molecule has 0 atom stereocenters. The summed E-state index contributed by atoms with van der Waals surface area (Å²) in [7, 11) is 0. The van der Waals surface area contributed by atoms with Crippen LogP contribution < -0.4 is 0 Å². The quantitative estimate of drug-likeness (QED) is 0.289. The molecule has 0 spiro atoms. The Morgan fingerprint density at radius 3 is 1.33 bits per heavy atom. The number of hydrogen-bond donors (Lipinski definition) is 0. The van der Waals surface area contributed by atoms with Crippen molar-refractivity contribution in [3.05, 3.63) is 24.3 Å². The molecule has 0 saturated heterocycles. The van der Waals surface area contributed by atoms with Crippen LogP contribution in [0.4, 0.5) is 0 Å². The molecule has 0 heterocycles. The molecule has 0 heteroatoms. The molecule has 0 aliphatic heterocycles. The zero-order chi connectivity index (χ0) is 15.2. The molecule has 0 aromatic heterocycles. The molecule has 122 valence electrons. The summed E-state index contributed by atoms with van der Waals surface area (Å²) < 4.78 is 0. The van der Waals surface area contributed by atoms with Crippen molar-refractivity contribution in [2.75, 3.05) is 0 Å². The monoisotopic (exact) mass is 290 g/mol. The van der Waals surface area contributed by atoms with Gasteiger partial charge in [0.25, 0.3) is 0 Å². The third kappa shape index (κ3) is 8.49. The van der Waals surface area contributed by atoms with Crippen LogP contribution in [0, 0.1) is 5.41 Å². The molecule has 0 fully saturated rings. The van der Waals surface area contributed by atoms with Crippen molar-refractivity contribution >= 4 is 0 Å². The van der Waals surface area contributed by atoms with Crippen LogP contribution in [0.1, 0.15) is 104 Å². The Balaban J connectivity index is 2.13. The lowest BCUT2D eigenvalue weighted by atomic mass is 9.79. The highest BCUT2D eigenvalue weighted by molar-refractivity contribution is 5.24. The van der Waals surface area contributed by atoms with E-state index in [9.17, 15) is 0 Å². The lowest BCUT2D eigenvalue weighted by Gasteiger charge is -2.25. The summed E-state index contributed by atoms with van der Waals surface area (Å²) in [4.78, 5) is 0. The molecule has 0 unspecified atom stereocenters. The summed E-state index contributed by atoms with van der Waals surface area (Å²) in [6.45, 7) is 4.59. The van der Waals surface area contributed by atoms with Crippen LogP contribution in [0.25, 0.3) is 0 Å². The van der Waals surface area contributed by atoms with E-state index in [0.717, 1.165) is 0 Å². The van der Waals surface area contributed by atoms with Gasteiger partial charge in [-0.1, -0.05) is 115 Å². The Morgan fingerprint density at radius 1 is 0.524 bits per heavy atom. The molecular weight excluding hydrogens is 252 g/mol. The summed E-state index contributed by atoms with van der Waals surface area (Å²) in [6, 6.07) is 0. The highest BCUT2D eigenvalue weighted by Gasteiger charge is 2.24. The van der Waals surface area contributed by atoms with Crippen LogP contribution in [-0.2, 0) is 0 Å². The number of unbranched alkanes of at least 4 members (excludes halogenated alkanes) is 10. The van der Waals surface area contributed by atoms with E-state index in [2.05, 4.69) is 38.2 Å². The molecule has 1 rings (SSSR count). The van der Waals surface area contributed by atoms with Crippen molar-refractivity contribution in [2.24, 2.45) is 5.41 Å². The van der Waals surface area contributed by atoms with Crippen LogP contribution in [0.15, 0.2) is 24.3 Å². The minimum absolute atomic E-state index is 0.426. The standard InChI is InChI=1S/C21H38/c1-3-5-7-9-11-13-17-21(19-15-16-20-21)18-14-12-10-8-6-4-2/h15-16,19-20H,3-14,17-18H2,1-2H3. The first-order valence-corrected chi connectivity index (χ1v) is 9.70. The Hall–Kier alpha value is -0.520. The molecular formula is C21H38. The predicted molar refractivity (Wildman–Crippen MR) is 96.7 cm³/mol. The van der Waals surface area contributed by atoms with Gasteiger partial charge in [-0.3, -0.25) is 0 Å². The van der Waals surface area contributed by atoms with E-state index in [1.807, 2.05) is 0 Å². The third-order valence-corrected chi connectivity index (χ3v) is 4.96. The number of allylic oxidation sites excluding steroid dienone is 4. The smallest absolute Gasteiger partial charge is 0.00671 e. The van der Waals surface area contributed by atoms with Crippen molar-refractivity contribution in [1.82, 2.24) is 0 Å². The molecule has 21 heavy (non-hydrogen) atoms. The van der Waals surface area contributed by atoms with Crippen LogP contribution in [-0.4, -0.2) is 0 Å².